The van der Waals surface area contributed by atoms with Crippen LogP contribution in [-0.2, 0) is 11.3 Å². The Kier molecular flexibility index (Phi) is 3.71. The highest BCUT2D eigenvalue weighted by atomic mass is 35.5. The standard InChI is InChI=1S/C9H11ClN2O2/c1-6-2-7(3-8(13)12-6)5-11-9(14)4-10/h2-3H,4-5H2,1H3,(H,11,14)(H,12,13). The third-order valence-corrected chi connectivity index (χ3v) is 1.89. The summed E-state index contributed by atoms with van der Waals surface area (Å²) >= 11 is 5.30. The molecule has 0 radical (unpaired) electrons. The van der Waals surface area contributed by atoms with E-state index in [1.165, 1.54) is 6.07 Å². The van der Waals surface area contributed by atoms with Crippen LogP contribution in [-0.4, -0.2) is 16.8 Å². The van der Waals surface area contributed by atoms with Gasteiger partial charge >= 0.3 is 0 Å². The quantitative estimate of drug-likeness (QED) is 0.722. The number of alkyl halides is 1. The lowest BCUT2D eigenvalue weighted by Crippen LogP contribution is -2.24. The van der Waals surface area contributed by atoms with Gasteiger partial charge in [0.05, 0.1) is 0 Å². The maximum atomic E-state index is 11.0. The number of nitrogens with one attached hydrogen (secondary N) is 2. The minimum absolute atomic E-state index is 0.0673. The van der Waals surface area contributed by atoms with Crippen molar-refractivity contribution in [1.82, 2.24) is 10.3 Å². The molecule has 76 valence electrons. The normalized spacial score (nSPS) is 9.86. The highest BCUT2D eigenvalue weighted by Crippen LogP contribution is 1.96. The minimum atomic E-state index is -0.246. The molecular weight excluding hydrogens is 204 g/mol. The van der Waals surface area contributed by atoms with Crippen molar-refractivity contribution in [3.8, 4) is 0 Å². The molecule has 0 aliphatic heterocycles. The van der Waals surface area contributed by atoms with Gasteiger partial charge in [0.25, 0.3) is 0 Å². The molecule has 0 spiro atoms. The molecule has 0 aliphatic carbocycles. The van der Waals surface area contributed by atoms with E-state index < -0.39 is 0 Å². The molecule has 5 heteroatoms. The summed E-state index contributed by atoms with van der Waals surface area (Å²) in [6.07, 6.45) is 0. The first-order chi connectivity index (χ1) is 6.61. The monoisotopic (exact) mass is 214 g/mol. The molecule has 1 amide bonds. The summed E-state index contributed by atoms with van der Waals surface area (Å²) in [7, 11) is 0. The van der Waals surface area contributed by atoms with Gasteiger partial charge in [0.1, 0.15) is 5.88 Å². The van der Waals surface area contributed by atoms with Gasteiger partial charge in [-0.25, -0.2) is 0 Å². The third kappa shape index (κ3) is 3.22. The fourth-order valence-electron chi connectivity index (χ4n) is 1.10. The van der Waals surface area contributed by atoms with Gasteiger partial charge in [-0.15, -0.1) is 11.6 Å². The fourth-order valence-corrected chi connectivity index (χ4v) is 1.20. The van der Waals surface area contributed by atoms with Crippen molar-refractivity contribution < 1.29 is 4.79 Å². The molecule has 0 atom stereocenters. The average Bonchev–Trinajstić information content (AvgIpc) is 2.12. The zero-order valence-electron chi connectivity index (χ0n) is 7.76. The molecule has 0 fully saturated rings. The zero-order valence-corrected chi connectivity index (χ0v) is 8.52. The molecule has 0 bridgehead atoms. The van der Waals surface area contributed by atoms with Gasteiger partial charge in [-0.2, -0.15) is 0 Å². The molecule has 14 heavy (non-hydrogen) atoms. The van der Waals surface area contributed by atoms with Crippen molar-refractivity contribution in [2.45, 2.75) is 13.5 Å². The molecule has 0 unspecified atom stereocenters. The van der Waals surface area contributed by atoms with E-state index in [-0.39, 0.29) is 17.3 Å². The first-order valence-corrected chi connectivity index (χ1v) is 4.68. The number of pyridine rings is 1. The fraction of sp³-hybridized carbons (Fsp3) is 0.333. The van der Waals surface area contributed by atoms with E-state index in [0.717, 1.165) is 11.3 Å². The van der Waals surface area contributed by atoms with E-state index in [0.29, 0.717) is 6.54 Å². The van der Waals surface area contributed by atoms with Crippen LogP contribution in [0.2, 0.25) is 0 Å². The van der Waals surface area contributed by atoms with Crippen LogP contribution in [0.1, 0.15) is 11.3 Å². The maximum absolute atomic E-state index is 11.0. The number of rotatable bonds is 3. The van der Waals surface area contributed by atoms with Gasteiger partial charge in [-0.05, 0) is 18.6 Å². The van der Waals surface area contributed by atoms with Crippen LogP contribution in [0.5, 0.6) is 0 Å². The number of aromatic nitrogens is 1. The SMILES string of the molecule is Cc1cc(CNC(=O)CCl)cc(=O)[nH]1. The van der Waals surface area contributed by atoms with E-state index in [9.17, 15) is 9.59 Å². The summed E-state index contributed by atoms with van der Waals surface area (Å²) in [6.45, 7) is 2.12. The van der Waals surface area contributed by atoms with Crippen molar-refractivity contribution >= 4 is 17.5 Å². The molecule has 1 heterocycles. The number of aryl methyl sites for hydroxylation is 1. The van der Waals surface area contributed by atoms with Gasteiger partial charge in [0.15, 0.2) is 0 Å². The van der Waals surface area contributed by atoms with Crippen LogP contribution < -0.4 is 10.9 Å². The highest BCUT2D eigenvalue weighted by molar-refractivity contribution is 6.27. The van der Waals surface area contributed by atoms with E-state index in [1.54, 1.807) is 13.0 Å². The van der Waals surface area contributed by atoms with Crippen molar-refractivity contribution in [3.63, 3.8) is 0 Å². The smallest absolute Gasteiger partial charge is 0.248 e. The van der Waals surface area contributed by atoms with Gasteiger partial charge in [0, 0.05) is 18.3 Å². The van der Waals surface area contributed by atoms with Gasteiger partial charge in [0.2, 0.25) is 11.5 Å². The van der Waals surface area contributed by atoms with Crippen molar-refractivity contribution in [2.24, 2.45) is 0 Å². The molecule has 1 rings (SSSR count). The number of hydrogen-bond donors (Lipinski definition) is 2. The first-order valence-electron chi connectivity index (χ1n) is 4.14. The van der Waals surface area contributed by atoms with E-state index in [4.69, 9.17) is 11.6 Å². The molecule has 0 saturated heterocycles. The van der Waals surface area contributed by atoms with Crippen LogP contribution in [0.4, 0.5) is 0 Å². The summed E-state index contributed by atoms with van der Waals surface area (Å²) < 4.78 is 0. The molecule has 1 aromatic rings. The summed E-state index contributed by atoms with van der Waals surface area (Å²) in [5, 5.41) is 2.58. The Labute approximate surface area is 86.3 Å². The molecule has 0 saturated carbocycles. The Bertz CT molecular complexity index is 387. The van der Waals surface area contributed by atoms with Crippen LogP contribution >= 0.6 is 11.6 Å². The number of amides is 1. The number of H-pyrrole nitrogens is 1. The zero-order chi connectivity index (χ0) is 10.6. The molecule has 1 aromatic heterocycles. The molecule has 0 aliphatic rings. The van der Waals surface area contributed by atoms with E-state index >= 15 is 0 Å². The number of carbonyl (C=O) groups is 1. The van der Waals surface area contributed by atoms with Gasteiger partial charge in [-0.1, -0.05) is 0 Å². The highest BCUT2D eigenvalue weighted by Gasteiger charge is 1.99. The Morgan fingerprint density at radius 1 is 1.57 bits per heavy atom. The van der Waals surface area contributed by atoms with E-state index in [2.05, 4.69) is 10.3 Å². The van der Waals surface area contributed by atoms with Crippen molar-refractivity contribution in [1.29, 1.82) is 0 Å². The summed E-state index contributed by atoms with van der Waals surface area (Å²) in [4.78, 5) is 24.5. The average molecular weight is 215 g/mol. The Balaban J connectivity index is 2.68. The van der Waals surface area contributed by atoms with Crippen LogP contribution in [0, 0.1) is 6.92 Å². The number of halogens is 1. The first kappa shape index (κ1) is 10.8. The van der Waals surface area contributed by atoms with Crippen molar-refractivity contribution in [2.75, 3.05) is 5.88 Å². The predicted molar refractivity (Wildman–Crippen MR) is 54.4 cm³/mol. The van der Waals surface area contributed by atoms with E-state index in [1.807, 2.05) is 0 Å². The molecular formula is C9H11ClN2O2. The van der Waals surface area contributed by atoms with Crippen LogP contribution in [0.15, 0.2) is 16.9 Å². The summed E-state index contributed by atoms with van der Waals surface area (Å²) in [6, 6.07) is 3.25. The predicted octanol–water partition coefficient (Wildman–Crippen LogP) is 0.538. The van der Waals surface area contributed by atoms with Crippen molar-refractivity contribution in [3.05, 3.63) is 33.7 Å². The second-order valence-corrected chi connectivity index (χ2v) is 3.21. The Hall–Kier alpha value is -1.29. The summed E-state index contributed by atoms with van der Waals surface area (Å²) in [5.41, 5.74) is 1.37. The topological polar surface area (TPSA) is 62.0 Å². The molecule has 4 nitrogen and oxygen atoms in total. The second-order valence-electron chi connectivity index (χ2n) is 2.95. The molecule has 0 aromatic carbocycles. The largest absolute Gasteiger partial charge is 0.351 e. The van der Waals surface area contributed by atoms with Crippen LogP contribution in [0.25, 0.3) is 0 Å². The number of hydrogen-bond acceptors (Lipinski definition) is 2. The summed E-state index contributed by atoms with van der Waals surface area (Å²) in [5.74, 6) is -0.313. The second kappa shape index (κ2) is 4.81. The van der Waals surface area contributed by atoms with Gasteiger partial charge in [-0.3, -0.25) is 9.59 Å². The van der Waals surface area contributed by atoms with Crippen LogP contribution in [0.3, 0.4) is 0 Å². The minimum Gasteiger partial charge on any atom is -0.351 e. The maximum Gasteiger partial charge on any atom is 0.248 e. The number of aromatic amines is 1. The third-order valence-electron chi connectivity index (χ3n) is 1.65. The lowest BCUT2D eigenvalue weighted by molar-refractivity contribution is -0.118. The Morgan fingerprint density at radius 2 is 2.29 bits per heavy atom. The lowest BCUT2D eigenvalue weighted by atomic mass is 10.2. The van der Waals surface area contributed by atoms with Gasteiger partial charge < -0.3 is 10.3 Å². The molecule has 2 N–H and O–H groups in total. The lowest BCUT2D eigenvalue weighted by Gasteiger charge is -2.03. The Morgan fingerprint density at radius 3 is 2.86 bits per heavy atom. The number of carbonyl (C=O) groups excluding carboxylic acids is 1.